The van der Waals surface area contributed by atoms with Crippen LogP contribution in [0.2, 0.25) is 0 Å². The van der Waals surface area contributed by atoms with Crippen LogP contribution < -0.4 is 0 Å². The first kappa shape index (κ1) is 13.2. The van der Waals surface area contributed by atoms with Gasteiger partial charge in [0.25, 0.3) is 0 Å². The van der Waals surface area contributed by atoms with Gasteiger partial charge < -0.3 is 9.47 Å². The summed E-state index contributed by atoms with van der Waals surface area (Å²) in [7, 11) is 3.90. The molecular formula is C16H21N3O. The van der Waals surface area contributed by atoms with E-state index in [-0.39, 0.29) is 11.9 Å². The van der Waals surface area contributed by atoms with Crippen LogP contribution in [0, 0.1) is 0 Å². The third-order valence-electron chi connectivity index (χ3n) is 4.29. The molecule has 0 bridgehead atoms. The lowest BCUT2D eigenvalue weighted by Crippen LogP contribution is -2.47. The first-order valence-electron chi connectivity index (χ1n) is 7.10. The number of nitrogens with zero attached hydrogens (tertiary/aromatic N) is 3. The monoisotopic (exact) mass is 271 g/mol. The maximum Gasteiger partial charge on any atom is 0.240 e. The van der Waals surface area contributed by atoms with Crippen LogP contribution in [0.5, 0.6) is 0 Å². The Hall–Kier alpha value is -1.81. The molecule has 0 saturated heterocycles. The van der Waals surface area contributed by atoms with E-state index in [1.165, 1.54) is 16.6 Å². The molecule has 0 N–H and O–H groups in total. The van der Waals surface area contributed by atoms with Crippen LogP contribution in [0.15, 0.2) is 30.3 Å². The summed E-state index contributed by atoms with van der Waals surface area (Å²) < 4.78 is 2.33. The summed E-state index contributed by atoms with van der Waals surface area (Å²) in [6.45, 7) is 4.36. The average Bonchev–Trinajstić information content (AvgIpc) is 2.83. The van der Waals surface area contributed by atoms with Crippen LogP contribution in [-0.4, -0.2) is 47.0 Å². The summed E-state index contributed by atoms with van der Waals surface area (Å²) in [5.74, 6) is 0.214. The number of para-hydroxylation sites is 1. The van der Waals surface area contributed by atoms with Crippen molar-refractivity contribution in [3.63, 3.8) is 0 Å². The van der Waals surface area contributed by atoms with Crippen LogP contribution in [0.1, 0.15) is 12.6 Å². The molecule has 20 heavy (non-hydrogen) atoms. The van der Waals surface area contributed by atoms with E-state index in [9.17, 15) is 4.79 Å². The highest BCUT2D eigenvalue weighted by atomic mass is 16.2. The normalized spacial score (nSPS) is 16.5. The van der Waals surface area contributed by atoms with E-state index < -0.39 is 0 Å². The van der Waals surface area contributed by atoms with Crippen LogP contribution in [0.3, 0.4) is 0 Å². The largest absolute Gasteiger partial charge is 0.341 e. The van der Waals surface area contributed by atoms with Crippen LogP contribution in [0.4, 0.5) is 0 Å². The Labute approximate surface area is 119 Å². The van der Waals surface area contributed by atoms with E-state index in [4.69, 9.17) is 0 Å². The molecule has 0 radical (unpaired) electrons. The maximum atomic E-state index is 12.4. The fourth-order valence-corrected chi connectivity index (χ4v) is 2.83. The molecule has 0 spiro atoms. The summed E-state index contributed by atoms with van der Waals surface area (Å²) in [5.41, 5.74) is 2.51. The standard InChI is InChI=1S/C16H21N3O/c1-12(17(2)3)16(20)18-8-9-19-14(11-18)10-13-6-4-5-7-15(13)19/h4-7,10,12H,8-9,11H2,1-3H3. The van der Waals surface area contributed by atoms with Crippen molar-refractivity contribution < 1.29 is 4.79 Å². The third kappa shape index (κ3) is 2.10. The quantitative estimate of drug-likeness (QED) is 0.835. The Morgan fingerprint density at radius 2 is 2.00 bits per heavy atom. The molecule has 106 valence electrons. The molecule has 0 aliphatic carbocycles. The summed E-state index contributed by atoms with van der Waals surface area (Å²) >= 11 is 0. The van der Waals surface area contributed by atoms with Crippen molar-refractivity contribution in [3.8, 4) is 0 Å². The predicted molar refractivity (Wildman–Crippen MR) is 80.5 cm³/mol. The Morgan fingerprint density at radius 3 is 2.75 bits per heavy atom. The van der Waals surface area contributed by atoms with E-state index in [1.807, 2.05) is 30.8 Å². The van der Waals surface area contributed by atoms with Gasteiger partial charge in [-0.05, 0) is 38.5 Å². The highest BCUT2D eigenvalue weighted by Gasteiger charge is 2.26. The van der Waals surface area contributed by atoms with Crippen LogP contribution in [-0.2, 0) is 17.9 Å². The molecule has 1 atom stereocenters. The summed E-state index contributed by atoms with van der Waals surface area (Å²) in [6, 6.07) is 10.6. The molecule has 1 aromatic carbocycles. The van der Waals surface area contributed by atoms with Gasteiger partial charge in [0.2, 0.25) is 5.91 Å². The number of hydrogen-bond acceptors (Lipinski definition) is 2. The number of amides is 1. The molecule has 2 aromatic rings. The van der Waals surface area contributed by atoms with Crippen molar-refractivity contribution in [2.24, 2.45) is 0 Å². The second-order valence-electron chi connectivity index (χ2n) is 5.75. The predicted octanol–water partition coefficient (Wildman–Crippen LogP) is 1.93. The third-order valence-corrected chi connectivity index (χ3v) is 4.29. The highest BCUT2D eigenvalue weighted by Crippen LogP contribution is 2.24. The summed E-state index contributed by atoms with van der Waals surface area (Å²) in [5, 5.41) is 1.26. The lowest BCUT2D eigenvalue weighted by molar-refractivity contribution is -0.136. The molecule has 3 rings (SSSR count). The van der Waals surface area contributed by atoms with Crippen LogP contribution in [0.25, 0.3) is 10.9 Å². The first-order valence-corrected chi connectivity index (χ1v) is 7.10. The summed E-state index contributed by atoms with van der Waals surface area (Å²) in [6.07, 6.45) is 0. The van der Waals surface area contributed by atoms with Gasteiger partial charge in [-0.3, -0.25) is 9.69 Å². The minimum Gasteiger partial charge on any atom is -0.341 e. The van der Waals surface area contributed by atoms with Gasteiger partial charge in [-0.1, -0.05) is 18.2 Å². The molecule has 1 amide bonds. The van der Waals surface area contributed by atoms with Gasteiger partial charge in [0, 0.05) is 24.3 Å². The Kier molecular flexibility index (Phi) is 3.26. The zero-order chi connectivity index (χ0) is 14.3. The number of likely N-dealkylation sites (N-methyl/N-ethyl adjacent to an activating group) is 1. The fourth-order valence-electron chi connectivity index (χ4n) is 2.83. The van der Waals surface area contributed by atoms with Gasteiger partial charge in [-0.2, -0.15) is 0 Å². The van der Waals surface area contributed by atoms with Gasteiger partial charge in [-0.25, -0.2) is 0 Å². The van der Waals surface area contributed by atoms with E-state index >= 15 is 0 Å². The van der Waals surface area contributed by atoms with E-state index in [2.05, 4.69) is 34.9 Å². The summed E-state index contributed by atoms with van der Waals surface area (Å²) in [4.78, 5) is 16.4. The zero-order valence-corrected chi connectivity index (χ0v) is 12.3. The lowest BCUT2D eigenvalue weighted by Gasteiger charge is -2.32. The number of benzene rings is 1. The molecule has 0 saturated carbocycles. The molecule has 1 unspecified atom stereocenters. The van der Waals surface area contributed by atoms with E-state index in [1.54, 1.807) is 0 Å². The molecule has 1 aliphatic rings. The Balaban J connectivity index is 1.87. The Morgan fingerprint density at radius 1 is 1.25 bits per heavy atom. The van der Waals surface area contributed by atoms with Crippen molar-refractivity contribution in [2.75, 3.05) is 20.6 Å². The van der Waals surface area contributed by atoms with Crippen molar-refractivity contribution in [3.05, 3.63) is 36.0 Å². The van der Waals surface area contributed by atoms with E-state index in [0.717, 1.165) is 13.1 Å². The smallest absolute Gasteiger partial charge is 0.240 e. The van der Waals surface area contributed by atoms with Gasteiger partial charge in [0.1, 0.15) is 0 Å². The SMILES string of the molecule is CC(C(=O)N1CCn2c(cc3ccccc32)C1)N(C)C. The van der Waals surface area contributed by atoms with Crippen LogP contribution >= 0.6 is 0 Å². The molecule has 2 heterocycles. The minimum atomic E-state index is -0.0640. The number of fused-ring (bicyclic) bond motifs is 3. The number of hydrogen-bond donors (Lipinski definition) is 0. The molecule has 0 fully saturated rings. The van der Waals surface area contributed by atoms with Gasteiger partial charge >= 0.3 is 0 Å². The van der Waals surface area contributed by atoms with Crippen molar-refractivity contribution in [1.29, 1.82) is 0 Å². The number of carbonyl (C=O) groups excluding carboxylic acids is 1. The van der Waals surface area contributed by atoms with Crippen molar-refractivity contribution in [1.82, 2.24) is 14.4 Å². The first-order chi connectivity index (χ1) is 9.58. The number of rotatable bonds is 2. The lowest BCUT2D eigenvalue weighted by atomic mass is 10.2. The van der Waals surface area contributed by atoms with Crippen molar-refractivity contribution in [2.45, 2.75) is 26.1 Å². The van der Waals surface area contributed by atoms with Gasteiger partial charge in [0.05, 0.1) is 12.6 Å². The van der Waals surface area contributed by atoms with E-state index in [0.29, 0.717) is 6.54 Å². The topological polar surface area (TPSA) is 28.5 Å². The maximum absolute atomic E-state index is 12.4. The molecule has 4 nitrogen and oxygen atoms in total. The highest BCUT2D eigenvalue weighted by molar-refractivity contribution is 5.83. The Bertz CT molecular complexity index is 644. The second-order valence-corrected chi connectivity index (χ2v) is 5.75. The molecular weight excluding hydrogens is 250 g/mol. The number of carbonyl (C=O) groups is 1. The second kappa shape index (κ2) is 4.94. The average molecular weight is 271 g/mol. The molecule has 4 heteroatoms. The van der Waals surface area contributed by atoms with Gasteiger partial charge in [-0.15, -0.1) is 0 Å². The van der Waals surface area contributed by atoms with Crippen molar-refractivity contribution >= 4 is 16.8 Å². The minimum absolute atomic E-state index is 0.0640. The van der Waals surface area contributed by atoms with Gasteiger partial charge in [0.15, 0.2) is 0 Å². The molecule has 1 aliphatic heterocycles. The number of aromatic nitrogens is 1. The molecule has 1 aromatic heterocycles. The fraction of sp³-hybridized carbons (Fsp3) is 0.438. The zero-order valence-electron chi connectivity index (χ0n) is 12.3.